The molecule has 0 bridgehead atoms. The molecule has 2 N–H and O–H groups in total. The molecule has 0 aliphatic carbocycles. The maximum absolute atomic E-state index is 12.4. The smallest absolute Gasteiger partial charge is 0.239 e. The SMILES string of the molecule is CC(C)C[C@H](N)C(=O)N1CC(C)OC(c2ccsc2)C1.Cl. The maximum atomic E-state index is 12.4. The summed E-state index contributed by atoms with van der Waals surface area (Å²) in [5, 5.41) is 4.12. The molecule has 1 fully saturated rings. The van der Waals surface area contributed by atoms with Gasteiger partial charge in [-0.15, -0.1) is 12.4 Å². The second kappa shape index (κ2) is 8.13. The Bertz CT molecular complexity index is 439. The maximum Gasteiger partial charge on any atom is 0.239 e. The number of rotatable bonds is 4. The Morgan fingerprint density at radius 1 is 1.52 bits per heavy atom. The van der Waals surface area contributed by atoms with Gasteiger partial charge in [-0.1, -0.05) is 13.8 Å². The molecule has 120 valence electrons. The zero-order valence-corrected chi connectivity index (χ0v) is 14.5. The lowest BCUT2D eigenvalue weighted by Gasteiger charge is -2.38. The van der Waals surface area contributed by atoms with E-state index in [0.29, 0.717) is 19.0 Å². The average molecular weight is 333 g/mol. The second-order valence-corrected chi connectivity index (χ2v) is 6.75. The molecule has 1 aromatic rings. The molecule has 1 aliphatic rings. The molecule has 1 amide bonds. The van der Waals surface area contributed by atoms with Gasteiger partial charge >= 0.3 is 0 Å². The van der Waals surface area contributed by atoms with Crippen molar-refractivity contribution in [1.29, 1.82) is 0 Å². The Labute approximate surface area is 137 Å². The molecule has 2 unspecified atom stereocenters. The number of hydrogen-bond donors (Lipinski definition) is 1. The normalized spacial score (nSPS) is 23.8. The Kier molecular flexibility index (Phi) is 7.13. The van der Waals surface area contributed by atoms with Crippen molar-refractivity contribution in [2.75, 3.05) is 13.1 Å². The molecule has 1 aliphatic heterocycles. The minimum Gasteiger partial charge on any atom is -0.367 e. The van der Waals surface area contributed by atoms with Crippen LogP contribution in [0.4, 0.5) is 0 Å². The number of carbonyl (C=O) groups is 1. The summed E-state index contributed by atoms with van der Waals surface area (Å²) in [4.78, 5) is 14.3. The van der Waals surface area contributed by atoms with Crippen molar-refractivity contribution < 1.29 is 9.53 Å². The first kappa shape index (κ1) is 18.4. The monoisotopic (exact) mass is 332 g/mol. The molecule has 0 radical (unpaired) electrons. The van der Waals surface area contributed by atoms with E-state index in [4.69, 9.17) is 10.5 Å². The Morgan fingerprint density at radius 2 is 2.24 bits per heavy atom. The number of nitrogens with two attached hydrogens (primary N) is 1. The van der Waals surface area contributed by atoms with Crippen LogP contribution < -0.4 is 5.73 Å². The van der Waals surface area contributed by atoms with E-state index >= 15 is 0 Å². The Hall–Kier alpha value is -0.620. The van der Waals surface area contributed by atoms with Crippen molar-refractivity contribution >= 4 is 29.7 Å². The first-order chi connectivity index (χ1) is 9.47. The van der Waals surface area contributed by atoms with Gasteiger partial charge in [0.05, 0.1) is 18.7 Å². The van der Waals surface area contributed by atoms with Crippen molar-refractivity contribution in [3.8, 4) is 0 Å². The predicted molar refractivity (Wildman–Crippen MR) is 88.9 cm³/mol. The highest BCUT2D eigenvalue weighted by Crippen LogP contribution is 2.27. The quantitative estimate of drug-likeness (QED) is 0.922. The Morgan fingerprint density at radius 3 is 2.81 bits per heavy atom. The van der Waals surface area contributed by atoms with E-state index < -0.39 is 6.04 Å². The van der Waals surface area contributed by atoms with Crippen molar-refractivity contribution in [2.45, 2.75) is 45.4 Å². The minimum atomic E-state index is -0.400. The fraction of sp³-hybridized carbons (Fsp3) is 0.667. The van der Waals surface area contributed by atoms with E-state index in [0.717, 1.165) is 12.0 Å². The van der Waals surface area contributed by atoms with Gasteiger partial charge in [0.2, 0.25) is 5.91 Å². The van der Waals surface area contributed by atoms with Gasteiger partial charge in [-0.05, 0) is 41.7 Å². The van der Waals surface area contributed by atoms with Crippen LogP contribution in [-0.2, 0) is 9.53 Å². The van der Waals surface area contributed by atoms with Gasteiger partial charge in [-0.25, -0.2) is 0 Å². The summed E-state index contributed by atoms with van der Waals surface area (Å²) in [6, 6.07) is 1.66. The van der Waals surface area contributed by atoms with Gasteiger partial charge in [0.1, 0.15) is 6.10 Å². The standard InChI is InChI=1S/C15H24N2O2S.ClH/c1-10(2)6-13(16)15(18)17-7-11(3)19-14(8-17)12-4-5-20-9-12;/h4-5,9-11,13-14H,6-8,16H2,1-3H3;1H/t11?,13-,14?;/m0./s1. The van der Waals surface area contributed by atoms with Crippen LogP contribution >= 0.6 is 23.7 Å². The number of morpholine rings is 1. The first-order valence-electron chi connectivity index (χ1n) is 7.19. The van der Waals surface area contributed by atoms with E-state index in [9.17, 15) is 4.79 Å². The number of nitrogens with zero attached hydrogens (tertiary/aromatic N) is 1. The highest BCUT2D eigenvalue weighted by Gasteiger charge is 2.31. The van der Waals surface area contributed by atoms with Crippen molar-refractivity contribution in [1.82, 2.24) is 4.90 Å². The number of halogens is 1. The molecule has 2 rings (SSSR count). The summed E-state index contributed by atoms with van der Waals surface area (Å²) in [7, 11) is 0. The van der Waals surface area contributed by atoms with Gasteiger partial charge in [0.15, 0.2) is 0 Å². The topological polar surface area (TPSA) is 55.6 Å². The zero-order chi connectivity index (χ0) is 14.7. The molecule has 21 heavy (non-hydrogen) atoms. The summed E-state index contributed by atoms with van der Waals surface area (Å²) < 4.78 is 5.94. The molecular weight excluding hydrogens is 308 g/mol. The molecule has 6 heteroatoms. The number of thiophene rings is 1. The molecule has 1 aromatic heterocycles. The summed E-state index contributed by atoms with van der Waals surface area (Å²) in [5.74, 6) is 0.481. The lowest BCUT2D eigenvalue weighted by atomic mass is 10.0. The number of amides is 1. The third-order valence-electron chi connectivity index (χ3n) is 3.53. The minimum absolute atomic E-state index is 0. The third-order valence-corrected chi connectivity index (χ3v) is 4.23. The third kappa shape index (κ3) is 4.95. The lowest BCUT2D eigenvalue weighted by Crippen LogP contribution is -2.51. The van der Waals surface area contributed by atoms with Crippen LogP contribution in [0.15, 0.2) is 16.8 Å². The van der Waals surface area contributed by atoms with Gasteiger partial charge in [0.25, 0.3) is 0 Å². The number of carbonyl (C=O) groups excluding carboxylic acids is 1. The van der Waals surface area contributed by atoms with Crippen LogP contribution in [0.1, 0.15) is 38.9 Å². The van der Waals surface area contributed by atoms with Crippen LogP contribution in [0.5, 0.6) is 0 Å². The molecule has 2 heterocycles. The number of ether oxygens (including phenoxy) is 1. The van der Waals surface area contributed by atoms with Gasteiger partial charge in [-0.2, -0.15) is 11.3 Å². The summed E-state index contributed by atoms with van der Waals surface area (Å²) >= 11 is 1.65. The van der Waals surface area contributed by atoms with E-state index in [-0.39, 0.29) is 30.5 Å². The highest BCUT2D eigenvalue weighted by molar-refractivity contribution is 7.07. The summed E-state index contributed by atoms with van der Waals surface area (Å²) in [5.41, 5.74) is 7.18. The van der Waals surface area contributed by atoms with E-state index in [1.165, 1.54) is 0 Å². The van der Waals surface area contributed by atoms with Gasteiger partial charge in [0, 0.05) is 6.54 Å². The molecule has 0 saturated carbocycles. The van der Waals surface area contributed by atoms with Crippen LogP contribution in [0.3, 0.4) is 0 Å². The van der Waals surface area contributed by atoms with Crippen LogP contribution in [0.2, 0.25) is 0 Å². The summed E-state index contributed by atoms with van der Waals surface area (Å²) in [6.07, 6.45) is 0.747. The molecule has 3 atom stereocenters. The lowest BCUT2D eigenvalue weighted by molar-refractivity contribution is -0.146. The molecule has 4 nitrogen and oxygen atoms in total. The first-order valence-corrected chi connectivity index (χ1v) is 8.13. The van der Waals surface area contributed by atoms with Crippen molar-refractivity contribution in [3.63, 3.8) is 0 Å². The molecule has 0 spiro atoms. The summed E-state index contributed by atoms with van der Waals surface area (Å²) in [6.45, 7) is 7.41. The molecule has 1 saturated heterocycles. The fourth-order valence-electron chi connectivity index (χ4n) is 2.62. The van der Waals surface area contributed by atoms with Crippen molar-refractivity contribution in [3.05, 3.63) is 22.4 Å². The van der Waals surface area contributed by atoms with E-state index in [2.05, 4.69) is 25.3 Å². The Balaban J connectivity index is 0.00000220. The van der Waals surface area contributed by atoms with E-state index in [1.54, 1.807) is 11.3 Å². The van der Waals surface area contributed by atoms with Gasteiger partial charge in [-0.3, -0.25) is 4.79 Å². The number of hydrogen-bond acceptors (Lipinski definition) is 4. The fourth-order valence-corrected chi connectivity index (χ4v) is 3.32. The molecule has 0 aromatic carbocycles. The largest absolute Gasteiger partial charge is 0.367 e. The van der Waals surface area contributed by atoms with E-state index in [1.807, 2.05) is 17.2 Å². The molecular formula is C15H25ClN2O2S. The highest BCUT2D eigenvalue weighted by atomic mass is 35.5. The van der Waals surface area contributed by atoms with Crippen LogP contribution in [-0.4, -0.2) is 36.0 Å². The predicted octanol–water partition coefficient (Wildman–Crippen LogP) is 2.83. The van der Waals surface area contributed by atoms with Gasteiger partial charge < -0.3 is 15.4 Å². The average Bonchev–Trinajstić information content (AvgIpc) is 2.90. The second-order valence-electron chi connectivity index (χ2n) is 5.97. The van der Waals surface area contributed by atoms with Crippen LogP contribution in [0, 0.1) is 5.92 Å². The zero-order valence-electron chi connectivity index (χ0n) is 12.8. The van der Waals surface area contributed by atoms with Crippen molar-refractivity contribution in [2.24, 2.45) is 11.7 Å². The van der Waals surface area contributed by atoms with Crippen LogP contribution in [0.25, 0.3) is 0 Å².